The monoisotopic (exact) mass is 275 g/mol. The molecule has 1 atom stereocenters. The third-order valence-electron chi connectivity index (χ3n) is 2.52. The Labute approximate surface area is 96.4 Å². The second-order valence-electron chi connectivity index (χ2n) is 3.44. The van der Waals surface area contributed by atoms with Crippen LogP contribution in [0.5, 0.6) is 5.75 Å². The maximum Gasteiger partial charge on any atom is 0.140 e. The summed E-state index contributed by atoms with van der Waals surface area (Å²) in [5, 5.41) is 13.6. The summed E-state index contributed by atoms with van der Waals surface area (Å²) in [4.78, 5) is 0. The van der Waals surface area contributed by atoms with E-state index in [4.69, 9.17) is 11.6 Å². The molecule has 1 heterocycles. The van der Waals surface area contributed by atoms with Crippen molar-refractivity contribution in [3.05, 3.63) is 27.2 Å². The average Bonchev–Trinajstić information content (AvgIpc) is 2.65. The van der Waals surface area contributed by atoms with Gasteiger partial charge in [0, 0.05) is 16.1 Å². The topological polar surface area (TPSA) is 32.3 Å². The van der Waals surface area contributed by atoms with Gasteiger partial charge in [0.05, 0.1) is 5.02 Å². The Kier molecular flexibility index (Phi) is 3.00. The molecule has 76 valence electrons. The van der Waals surface area contributed by atoms with Gasteiger partial charge in [-0.25, -0.2) is 0 Å². The van der Waals surface area contributed by atoms with Gasteiger partial charge in [0.15, 0.2) is 0 Å². The lowest BCUT2D eigenvalue weighted by molar-refractivity contribution is 0.456. The zero-order valence-corrected chi connectivity index (χ0v) is 9.90. The minimum absolute atomic E-state index is 0.195. The third-order valence-corrected chi connectivity index (χ3v) is 3.52. The lowest BCUT2D eigenvalue weighted by atomic mass is 10.0. The molecular formula is C10H11BrClNO. The van der Waals surface area contributed by atoms with Gasteiger partial charge in [-0.15, -0.1) is 0 Å². The lowest BCUT2D eigenvalue weighted by Crippen LogP contribution is -2.13. The van der Waals surface area contributed by atoms with Crippen LogP contribution in [0.2, 0.25) is 5.02 Å². The van der Waals surface area contributed by atoms with E-state index in [0.717, 1.165) is 29.4 Å². The number of phenolic OH excluding ortho intramolecular Hbond substituents is 1. The fourth-order valence-corrected chi connectivity index (χ4v) is 2.58. The van der Waals surface area contributed by atoms with Gasteiger partial charge in [-0.05, 0) is 31.5 Å². The van der Waals surface area contributed by atoms with Crippen molar-refractivity contribution in [3.63, 3.8) is 0 Å². The minimum Gasteiger partial charge on any atom is -0.506 e. The molecule has 1 aliphatic heterocycles. The van der Waals surface area contributed by atoms with Crippen LogP contribution >= 0.6 is 27.5 Å². The molecule has 0 radical (unpaired) electrons. The van der Waals surface area contributed by atoms with E-state index in [-0.39, 0.29) is 11.8 Å². The second kappa shape index (κ2) is 4.09. The number of nitrogens with one attached hydrogen (secondary N) is 1. The molecule has 1 unspecified atom stereocenters. The van der Waals surface area contributed by atoms with Crippen LogP contribution < -0.4 is 5.32 Å². The van der Waals surface area contributed by atoms with Crippen LogP contribution in [0.25, 0.3) is 0 Å². The Balaban J connectivity index is 2.44. The molecular weight excluding hydrogens is 265 g/mol. The van der Waals surface area contributed by atoms with Gasteiger partial charge < -0.3 is 10.4 Å². The first-order chi connectivity index (χ1) is 6.70. The standard InChI is InChI=1S/C10H11BrClNO/c11-6-3-4-7(12)10(14)9(6)8-2-1-5-13-8/h3-4,8,13-14H,1-2,5H2. The SMILES string of the molecule is Oc1c(Cl)ccc(Br)c1C1CCCN1. The van der Waals surface area contributed by atoms with Crippen LogP contribution in [0, 0.1) is 0 Å². The van der Waals surface area contributed by atoms with Crippen LogP contribution in [0.15, 0.2) is 16.6 Å². The molecule has 4 heteroatoms. The van der Waals surface area contributed by atoms with Crippen molar-refractivity contribution in [1.82, 2.24) is 5.32 Å². The van der Waals surface area contributed by atoms with Crippen molar-refractivity contribution in [2.24, 2.45) is 0 Å². The van der Waals surface area contributed by atoms with Gasteiger partial charge in [-0.2, -0.15) is 0 Å². The summed E-state index contributed by atoms with van der Waals surface area (Å²) < 4.78 is 0.916. The van der Waals surface area contributed by atoms with Gasteiger partial charge in [-0.1, -0.05) is 27.5 Å². The molecule has 1 aromatic carbocycles. The summed E-state index contributed by atoms with van der Waals surface area (Å²) in [5.41, 5.74) is 0.884. The van der Waals surface area contributed by atoms with E-state index in [1.807, 2.05) is 6.07 Å². The highest BCUT2D eigenvalue weighted by atomic mass is 79.9. The highest BCUT2D eigenvalue weighted by Crippen LogP contribution is 2.39. The second-order valence-corrected chi connectivity index (χ2v) is 4.70. The number of hydrogen-bond donors (Lipinski definition) is 2. The van der Waals surface area contributed by atoms with Crippen LogP contribution in [-0.2, 0) is 0 Å². The largest absolute Gasteiger partial charge is 0.506 e. The Morgan fingerprint density at radius 1 is 1.50 bits per heavy atom. The van der Waals surface area contributed by atoms with Crippen molar-refractivity contribution in [2.75, 3.05) is 6.54 Å². The molecule has 1 aromatic rings. The quantitative estimate of drug-likeness (QED) is 0.825. The first-order valence-corrected chi connectivity index (χ1v) is 5.77. The summed E-state index contributed by atoms with van der Waals surface area (Å²) in [6.07, 6.45) is 2.19. The van der Waals surface area contributed by atoms with Gasteiger partial charge >= 0.3 is 0 Å². The van der Waals surface area contributed by atoms with E-state index in [2.05, 4.69) is 21.2 Å². The van der Waals surface area contributed by atoms with E-state index < -0.39 is 0 Å². The van der Waals surface area contributed by atoms with Gasteiger partial charge in [0.25, 0.3) is 0 Å². The molecule has 1 fully saturated rings. The normalized spacial score (nSPS) is 21.4. The first-order valence-electron chi connectivity index (χ1n) is 4.60. The average molecular weight is 277 g/mol. The van der Waals surface area contributed by atoms with E-state index in [9.17, 15) is 5.11 Å². The summed E-state index contributed by atoms with van der Waals surface area (Å²) in [6, 6.07) is 3.79. The van der Waals surface area contributed by atoms with Crippen LogP contribution in [-0.4, -0.2) is 11.7 Å². The number of rotatable bonds is 1. The van der Waals surface area contributed by atoms with Crippen molar-refractivity contribution < 1.29 is 5.11 Å². The third kappa shape index (κ3) is 1.76. The molecule has 14 heavy (non-hydrogen) atoms. The Morgan fingerprint density at radius 2 is 2.29 bits per heavy atom. The summed E-state index contributed by atoms with van der Waals surface area (Å²) in [5.74, 6) is 0.195. The Bertz CT molecular complexity index is 350. The molecule has 2 N–H and O–H groups in total. The zero-order chi connectivity index (χ0) is 10.1. The van der Waals surface area contributed by atoms with Crippen molar-refractivity contribution >= 4 is 27.5 Å². The summed E-state index contributed by atoms with van der Waals surface area (Å²) >= 11 is 9.30. The number of hydrogen-bond acceptors (Lipinski definition) is 2. The van der Waals surface area contributed by atoms with Gasteiger partial charge in [-0.3, -0.25) is 0 Å². The van der Waals surface area contributed by atoms with Gasteiger partial charge in [0.2, 0.25) is 0 Å². The Hall–Kier alpha value is -0.250. The number of halogens is 2. The van der Waals surface area contributed by atoms with E-state index >= 15 is 0 Å². The maximum absolute atomic E-state index is 9.84. The van der Waals surface area contributed by atoms with E-state index in [1.165, 1.54) is 0 Å². The predicted molar refractivity (Wildman–Crippen MR) is 60.8 cm³/mol. The molecule has 1 aliphatic rings. The molecule has 2 nitrogen and oxygen atoms in total. The number of aromatic hydroxyl groups is 1. The van der Waals surface area contributed by atoms with Gasteiger partial charge in [0.1, 0.15) is 5.75 Å². The smallest absolute Gasteiger partial charge is 0.140 e. The fourth-order valence-electron chi connectivity index (χ4n) is 1.82. The lowest BCUT2D eigenvalue weighted by Gasteiger charge is -2.15. The molecule has 0 aromatic heterocycles. The molecule has 0 amide bonds. The Morgan fingerprint density at radius 3 is 2.93 bits per heavy atom. The molecule has 0 spiro atoms. The molecule has 1 saturated heterocycles. The highest BCUT2D eigenvalue weighted by molar-refractivity contribution is 9.10. The zero-order valence-electron chi connectivity index (χ0n) is 7.56. The first kappa shape index (κ1) is 10.3. The minimum atomic E-state index is 0.195. The van der Waals surface area contributed by atoms with Crippen LogP contribution in [0.4, 0.5) is 0 Å². The van der Waals surface area contributed by atoms with Crippen molar-refractivity contribution in [2.45, 2.75) is 18.9 Å². The highest BCUT2D eigenvalue weighted by Gasteiger charge is 2.22. The fraction of sp³-hybridized carbons (Fsp3) is 0.400. The molecule has 0 aliphatic carbocycles. The summed E-state index contributed by atoms with van der Waals surface area (Å²) in [6.45, 7) is 1.00. The molecule has 0 bridgehead atoms. The molecule has 2 rings (SSSR count). The van der Waals surface area contributed by atoms with Crippen molar-refractivity contribution in [3.8, 4) is 5.75 Å². The summed E-state index contributed by atoms with van der Waals surface area (Å²) in [7, 11) is 0. The van der Waals surface area contributed by atoms with E-state index in [1.54, 1.807) is 6.07 Å². The number of phenols is 1. The predicted octanol–water partition coefficient (Wildman–Crippen LogP) is 3.23. The van der Waals surface area contributed by atoms with Crippen LogP contribution in [0.1, 0.15) is 24.4 Å². The molecule has 0 saturated carbocycles. The van der Waals surface area contributed by atoms with E-state index in [0.29, 0.717) is 5.02 Å². The van der Waals surface area contributed by atoms with Crippen LogP contribution in [0.3, 0.4) is 0 Å². The number of benzene rings is 1. The maximum atomic E-state index is 9.84. The van der Waals surface area contributed by atoms with Crippen molar-refractivity contribution in [1.29, 1.82) is 0 Å².